The molecule has 14 nitrogen and oxygen atoms in total. The molecule has 0 unspecified atom stereocenters. The van der Waals surface area contributed by atoms with Gasteiger partial charge < -0.3 is 25.5 Å². The van der Waals surface area contributed by atoms with Gasteiger partial charge >= 0.3 is 53.6 Å². The first-order chi connectivity index (χ1) is 33.9. The van der Waals surface area contributed by atoms with Gasteiger partial charge in [-0.25, -0.2) is 14.4 Å². The van der Waals surface area contributed by atoms with Gasteiger partial charge in [-0.05, 0) is 166 Å². The molecular formula is C53H69N2NaO12S6. The standard InChI is InChI=1S/C10H12O2S.C8H8O2S.C8H8OS.C8H10S.C7H10S.C6H6OS.C5H8O2.CO2.H4N2.Na.2H2O/c1-3-12-10(11)7-6-9-5-4-8(2)13-9;1-6-2-3-7(11-6)4-5-8(9)10;1-5-4-6-7(9)2-3-8(6)10-5;1-6-5-7-3-2-4-8(7)9-6;1-3-7-5-4-6(2)8-7;1-5-2-3-6(4-7)8-5;1-3-5(6)7-4-2;2-1-3;1-2;;;/h4-7H,3H2,1-2H3;2-5H,1H3,(H,9,10);4H,2-3H2,1H3;5H,2-4H2,1H3;4-5H,3H2,1-2H3;2-4H,1H3;3H,1,4H2,2H3;;1-2H2;;2*1H2/q;;;;;;;;;+1;;/p-1/b7-6+;5-4+;;;;;;;;;;. The first-order valence-electron chi connectivity index (χ1n) is 22.2. The number of carboxylic acid groups (broad SMARTS) is 1. The van der Waals surface area contributed by atoms with Crippen LogP contribution in [0.25, 0.3) is 12.2 Å². The number of fused-ring (bicyclic) bond motifs is 2. The van der Waals surface area contributed by atoms with Crippen molar-refractivity contribution in [3.63, 3.8) is 0 Å². The molecule has 2 aliphatic carbocycles. The molecule has 0 spiro atoms. The predicted molar refractivity (Wildman–Crippen MR) is 302 cm³/mol. The molecule has 6 aromatic heterocycles. The van der Waals surface area contributed by atoms with E-state index in [2.05, 4.69) is 68.9 Å². The van der Waals surface area contributed by atoms with Crippen molar-refractivity contribution < 1.29 is 88.7 Å². The number of aliphatic carboxylic acids is 1. The quantitative estimate of drug-likeness (QED) is 0.0305. The van der Waals surface area contributed by atoms with E-state index >= 15 is 0 Å². The Balaban J connectivity index is -0.000000381. The maximum atomic E-state index is 11.1. The molecule has 2 aliphatic rings. The van der Waals surface area contributed by atoms with Gasteiger partial charge in [-0.15, -0.1) is 68.0 Å². The van der Waals surface area contributed by atoms with Gasteiger partial charge in [-0.1, -0.05) is 13.5 Å². The minimum Gasteiger partial charge on any atom is -0.870 e. The molecule has 0 amide bonds. The van der Waals surface area contributed by atoms with Crippen molar-refractivity contribution in [2.45, 2.75) is 101 Å². The Kier molecular flexibility index (Phi) is 46.9. The van der Waals surface area contributed by atoms with E-state index in [1.165, 1.54) is 82.1 Å². The Labute approximate surface area is 481 Å². The molecule has 400 valence electrons. The molecule has 6 aromatic rings. The maximum absolute atomic E-state index is 11.1. The van der Waals surface area contributed by atoms with Crippen LogP contribution >= 0.6 is 68.0 Å². The molecule has 74 heavy (non-hydrogen) atoms. The molecule has 0 saturated carbocycles. The largest absolute Gasteiger partial charge is 1.00 e. The van der Waals surface area contributed by atoms with Crippen LogP contribution in [0.15, 0.2) is 85.5 Å². The van der Waals surface area contributed by atoms with E-state index in [-0.39, 0.29) is 58.6 Å². The third kappa shape index (κ3) is 34.8. The molecule has 0 radical (unpaired) electrons. The van der Waals surface area contributed by atoms with Crippen molar-refractivity contribution in [3.8, 4) is 0 Å². The number of hydrogen-bond donors (Lipinski definition) is 3. The minimum atomic E-state index is -0.906. The number of hydrogen-bond acceptors (Lipinski definition) is 18. The van der Waals surface area contributed by atoms with E-state index in [4.69, 9.17) is 19.4 Å². The number of aryl methyl sites for hydroxylation is 10. The molecular weight excluding hydrogens is 1070 g/mol. The first-order valence-corrected chi connectivity index (χ1v) is 27.1. The number of rotatable bonds is 9. The number of thiophene rings is 6. The molecule has 0 aromatic carbocycles. The molecule has 0 atom stereocenters. The van der Waals surface area contributed by atoms with Crippen LogP contribution in [0, 0.1) is 41.5 Å². The van der Waals surface area contributed by atoms with Crippen molar-refractivity contribution >= 4 is 116 Å². The summed E-state index contributed by atoms with van der Waals surface area (Å²) in [7, 11) is 0. The first kappa shape index (κ1) is 75.9. The van der Waals surface area contributed by atoms with Gasteiger partial charge in [0.2, 0.25) is 0 Å². The van der Waals surface area contributed by atoms with Gasteiger partial charge in [-0.3, -0.25) is 21.3 Å². The second kappa shape index (κ2) is 45.8. The van der Waals surface area contributed by atoms with E-state index in [0.29, 0.717) is 19.0 Å². The van der Waals surface area contributed by atoms with Crippen LogP contribution in [0.2, 0.25) is 0 Å². The summed E-state index contributed by atoms with van der Waals surface area (Å²) in [6.07, 6.45) is 15.2. The van der Waals surface area contributed by atoms with Crippen molar-refractivity contribution in [2.24, 2.45) is 11.7 Å². The van der Waals surface area contributed by atoms with Gasteiger partial charge in [-0.2, -0.15) is 9.59 Å². The van der Waals surface area contributed by atoms with Gasteiger partial charge in [0.15, 0.2) is 12.1 Å². The van der Waals surface area contributed by atoms with Crippen LogP contribution in [0.5, 0.6) is 0 Å². The summed E-state index contributed by atoms with van der Waals surface area (Å²) in [6, 6.07) is 20.4. The minimum absolute atomic E-state index is 0. The summed E-state index contributed by atoms with van der Waals surface area (Å²) >= 11 is 10.4. The van der Waals surface area contributed by atoms with E-state index in [9.17, 15) is 24.0 Å². The SMILES string of the molecule is C=CC(=O)OCC.CCOC(=O)/C=C/c1ccc(C)s1.CCc1ccc(C)s1.Cc1cc2c(s1)CCC2.Cc1cc2c(s1)CCC2=O.Cc1ccc(/C=C/C(=O)O)s1.Cc1ccc(C=O)s1.NN.O.O=C=O.[Na+].[OH-]. The predicted octanol–water partition coefficient (Wildman–Crippen LogP) is 8.98. The van der Waals surface area contributed by atoms with E-state index in [1.54, 1.807) is 70.5 Å². The van der Waals surface area contributed by atoms with Crippen molar-refractivity contribution in [2.75, 3.05) is 13.2 Å². The molecule has 0 bridgehead atoms. The van der Waals surface area contributed by atoms with Gasteiger partial charge in [0, 0.05) is 83.9 Å². The summed E-state index contributed by atoms with van der Waals surface area (Å²) in [5.74, 6) is 6.78. The van der Waals surface area contributed by atoms with Crippen LogP contribution < -0.4 is 41.2 Å². The number of carbonyl (C=O) groups is 5. The Hall–Kier alpha value is -4.61. The third-order valence-electron chi connectivity index (χ3n) is 8.74. The number of carboxylic acids is 1. The van der Waals surface area contributed by atoms with Crippen LogP contribution in [0.3, 0.4) is 0 Å². The zero-order valence-corrected chi connectivity index (χ0v) is 50.7. The molecule has 8 rings (SSSR count). The van der Waals surface area contributed by atoms with E-state index in [1.807, 2.05) is 85.9 Å². The van der Waals surface area contributed by atoms with Gasteiger partial charge in [0.05, 0.1) is 18.1 Å². The summed E-state index contributed by atoms with van der Waals surface area (Å²) in [5, 5.41) is 8.30. The number of Topliss-reactive ketones (excluding diaryl/α,β-unsaturated/α-hetero) is 1. The Morgan fingerprint density at radius 2 is 1.11 bits per heavy atom. The van der Waals surface area contributed by atoms with Crippen LogP contribution in [-0.2, 0) is 59.1 Å². The summed E-state index contributed by atoms with van der Waals surface area (Å²) in [4.78, 5) is 83.5. The zero-order chi connectivity index (χ0) is 53.7. The smallest absolute Gasteiger partial charge is 0.870 e. The third-order valence-corrected chi connectivity index (χ3v) is 15.0. The summed E-state index contributed by atoms with van der Waals surface area (Å²) < 4.78 is 9.18. The number of ketones is 1. The van der Waals surface area contributed by atoms with Crippen LogP contribution in [0.4, 0.5) is 0 Å². The van der Waals surface area contributed by atoms with Crippen molar-refractivity contribution in [1.82, 2.24) is 0 Å². The second-order valence-electron chi connectivity index (χ2n) is 14.4. The fourth-order valence-electron chi connectivity index (χ4n) is 5.80. The second-order valence-corrected chi connectivity index (χ2v) is 22.4. The Morgan fingerprint density at radius 1 is 0.649 bits per heavy atom. The topological polar surface area (TPSA) is 272 Å². The number of esters is 2. The van der Waals surface area contributed by atoms with E-state index < -0.39 is 5.97 Å². The summed E-state index contributed by atoms with van der Waals surface area (Å²) in [6.45, 7) is 22.2. The molecule has 0 aliphatic heterocycles. The monoisotopic (exact) mass is 1140 g/mol. The molecule has 0 fully saturated rings. The normalized spacial score (nSPS) is 10.5. The molecule has 21 heteroatoms. The molecule has 8 N–H and O–H groups in total. The van der Waals surface area contributed by atoms with Crippen molar-refractivity contribution in [1.29, 1.82) is 0 Å². The maximum Gasteiger partial charge on any atom is 1.00 e. The fraction of sp³-hybridized carbons (Fsp3) is 0.321. The molecule has 6 heterocycles. The van der Waals surface area contributed by atoms with Crippen LogP contribution in [-0.4, -0.2) is 65.4 Å². The zero-order valence-electron chi connectivity index (χ0n) is 43.8. The average Bonchev–Trinajstić information content (AvgIpc) is 4.22. The number of nitrogens with two attached hydrogens (primary N) is 2. The van der Waals surface area contributed by atoms with Gasteiger partial charge in [0.25, 0.3) is 0 Å². The molecule has 0 saturated heterocycles. The average molecular weight is 1140 g/mol. The Bertz CT molecular complexity index is 2590. The number of aldehydes is 1. The fourth-order valence-corrected chi connectivity index (χ4v) is 11.1. The number of hydrazine groups is 1. The van der Waals surface area contributed by atoms with Crippen LogP contribution in [0.1, 0.15) is 113 Å². The van der Waals surface area contributed by atoms with Gasteiger partial charge in [0.1, 0.15) is 0 Å². The number of carbonyl (C=O) groups excluding carboxylic acids is 6. The van der Waals surface area contributed by atoms with Crippen molar-refractivity contribution in [3.05, 3.63) is 155 Å². The number of ether oxygens (including phenoxy) is 2. The van der Waals surface area contributed by atoms with E-state index in [0.717, 1.165) is 51.5 Å². The summed E-state index contributed by atoms with van der Waals surface area (Å²) in [5.41, 5.74) is 2.61. The Morgan fingerprint density at radius 3 is 1.47 bits per heavy atom.